The average Bonchev–Trinajstić information content (AvgIpc) is 3.07. The van der Waals surface area contributed by atoms with Crippen molar-refractivity contribution in [1.29, 1.82) is 0 Å². The Morgan fingerprint density at radius 2 is 1.53 bits per heavy atom. The van der Waals surface area contributed by atoms with E-state index in [1.807, 2.05) is 0 Å². The van der Waals surface area contributed by atoms with Crippen LogP contribution in [0.3, 0.4) is 0 Å². The molecule has 0 spiro atoms. The second-order valence-electron chi connectivity index (χ2n) is 8.40. The van der Waals surface area contributed by atoms with Crippen LogP contribution in [-0.4, -0.2) is 58.9 Å². The highest BCUT2D eigenvalue weighted by molar-refractivity contribution is 5.69. The topological polar surface area (TPSA) is 96.2 Å². The Labute approximate surface area is 182 Å². The second-order valence-corrected chi connectivity index (χ2v) is 8.40. The lowest BCUT2D eigenvalue weighted by molar-refractivity contribution is -0.162. The molecule has 4 atom stereocenters. The lowest BCUT2D eigenvalue weighted by Crippen LogP contribution is -2.43. The molecule has 0 saturated carbocycles. The molecule has 30 heavy (non-hydrogen) atoms. The Morgan fingerprint density at radius 1 is 0.967 bits per heavy atom. The standard InChI is InChI=1S/C24H44O6/c1-2-3-4-5-6-7-8-9-10-11-12-13-14-15-16-17-22(27)30-21(18-25)24-23(28)20(26)19-29-24/h9-10,20-21,23-26,28H,2-8,11-19H2,1H3/b10-9-/t20-,21+,23+,24?/m0/s1. The molecule has 0 aromatic carbocycles. The maximum atomic E-state index is 11.9. The molecule has 0 aromatic heterocycles. The maximum Gasteiger partial charge on any atom is 0.306 e. The third kappa shape index (κ3) is 12.0. The van der Waals surface area contributed by atoms with Crippen LogP contribution in [0.25, 0.3) is 0 Å². The van der Waals surface area contributed by atoms with Gasteiger partial charge in [-0.15, -0.1) is 0 Å². The summed E-state index contributed by atoms with van der Waals surface area (Å²) in [4.78, 5) is 11.9. The Morgan fingerprint density at radius 3 is 2.07 bits per heavy atom. The number of carbonyl (C=O) groups is 1. The molecule has 0 bridgehead atoms. The molecule has 1 fully saturated rings. The van der Waals surface area contributed by atoms with E-state index >= 15 is 0 Å². The molecule has 0 radical (unpaired) electrons. The molecular formula is C24H44O6. The van der Waals surface area contributed by atoms with Gasteiger partial charge in [0, 0.05) is 6.42 Å². The SMILES string of the molecule is CCCCCCCC/C=C\CCCCCCCC(=O)O[C@H](CO)C1OC[C@H](O)[C@H]1O. The van der Waals surface area contributed by atoms with Crippen LogP contribution in [-0.2, 0) is 14.3 Å². The number of carbonyl (C=O) groups excluding carboxylic acids is 1. The summed E-state index contributed by atoms with van der Waals surface area (Å²) in [5.41, 5.74) is 0. The minimum absolute atomic E-state index is 0.0197. The lowest BCUT2D eigenvalue weighted by atomic mass is 10.1. The first-order chi connectivity index (χ1) is 14.6. The Bertz CT molecular complexity index is 453. The number of esters is 1. The van der Waals surface area contributed by atoms with Crippen LogP contribution < -0.4 is 0 Å². The van der Waals surface area contributed by atoms with Gasteiger partial charge in [-0.25, -0.2) is 0 Å². The van der Waals surface area contributed by atoms with Crippen LogP contribution >= 0.6 is 0 Å². The zero-order valence-corrected chi connectivity index (χ0v) is 18.8. The summed E-state index contributed by atoms with van der Waals surface area (Å²) in [7, 11) is 0. The number of unbranched alkanes of at least 4 members (excludes halogenated alkanes) is 11. The molecule has 1 unspecified atom stereocenters. The van der Waals surface area contributed by atoms with Crippen molar-refractivity contribution in [3.63, 3.8) is 0 Å². The molecule has 1 rings (SSSR count). The van der Waals surface area contributed by atoms with E-state index in [0.29, 0.717) is 6.42 Å². The Kier molecular flexibility index (Phi) is 16.0. The zero-order chi connectivity index (χ0) is 22.0. The molecular weight excluding hydrogens is 384 g/mol. The number of hydrogen-bond donors (Lipinski definition) is 3. The Hall–Kier alpha value is -0.950. The quantitative estimate of drug-likeness (QED) is 0.173. The second kappa shape index (κ2) is 17.7. The van der Waals surface area contributed by atoms with Crippen LogP contribution in [0.15, 0.2) is 12.2 Å². The summed E-state index contributed by atoms with van der Waals surface area (Å²) in [6.45, 7) is 1.79. The molecule has 3 N–H and O–H groups in total. The average molecular weight is 429 g/mol. The number of rotatable bonds is 18. The molecule has 1 heterocycles. The molecule has 1 aliphatic rings. The van der Waals surface area contributed by atoms with Gasteiger partial charge in [0.05, 0.1) is 13.2 Å². The minimum atomic E-state index is -1.14. The van der Waals surface area contributed by atoms with E-state index in [2.05, 4.69) is 19.1 Å². The van der Waals surface area contributed by atoms with Gasteiger partial charge in [0.1, 0.15) is 18.3 Å². The van der Waals surface area contributed by atoms with Gasteiger partial charge in [0.2, 0.25) is 0 Å². The van der Waals surface area contributed by atoms with Crippen molar-refractivity contribution in [2.75, 3.05) is 13.2 Å². The van der Waals surface area contributed by atoms with Crippen molar-refractivity contribution in [3.05, 3.63) is 12.2 Å². The third-order valence-corrected chi connectivity index (χ3v) is 5.66. The monoisotopic (exact) mass is 428 g/mol. The van der Waals surface area contributed by atoms with E-state index < -0.39 is 37.0 Å². The fourth-order valence-corrected chi connectivity index (χ4v) is 3.73. The first-order valence-electron chi connectivity index (χ1n) is 12.0. The van der Waals surface area contributed by atoms with Gasteiger partial charge < -0.3 is 24.8 Å². The van der Waals surface area contributed by atoms with Crippen LogP contribution in [0, 0.1) is 0 Å². The summed E-state index contributed by atoms with van der Waals surface area (Å²) in [6, 6.07) is 0. The molecule has 1 aliphatic heterocycles. The molecule has 1 saturated heterocycles. The zero-order valence-electron chi connectivity index (χ0n) is 18.8. The van der Waals surface area contributed by atoms with Crippen molar-refractivity contribution in [2.45, 2.75) is 121 Å². The van der Waals surface area contributed by atoms with Crippen LogP contribution in [0.1, 0.15) is 96.8 Å². The normalized spacial score (nSPS) is 22.6. The highest BCUT2D eigenvalue weighted by atomic mass is 16.6. The van der Waals surface area contributed by atoms with E-state index in [-0.39, 0.29) is 6.61 Å². The fraction of sp³-hybridized carbons (Fsp3) is 0.875. The number of aliphatic hydroxyl groups excluding tert-OH is 3. The predicted octanol–water partition coefficient (Wildman–Crippen LogP) is 4.05. The van der Waals surface area contributed by atoms with E-state index in [1.54, 1.807) is 0 Å². The van der Waals surface area contributed by atoms with E-state index in [1.165, 1.54) is 51.4 Å². The lowest BCUT2D eigenvalue weighted by Gasteiger charge is -2.24. The van der Waals surface area contributed by atoms with Crippen LogP contribution in [0.5, 0.6) is 0 Å². The highest BCUT2D eigenvalue weighted by Gasteiger charge is 2.41. The molecule has 6 nitrogen and oxygen atoms in total. The first kappa shape index (κ1) is 27.1. The van der Waals surface area contributed by atoms with Gasteiger partial charge in [-0.1, -0.05) is 70.4 Å². The van der Waals surface area contributed by atoms with Crippen molar-refractivity contribution in [1.82, 2.24) is 0 Å². The smallest absolute Gasteiger partial charge is 0.306 e. The summed E-state index contributed by atoms with van der Waals surface area (Å²) >= 11 is 0. The Balaban J connectivity index is 1.95. The van der Waals surface area contributed by atoms with Crippen LogP contribution in [0.2, 0.25) is 0 Å². The summed E-state index contributed by atoms with van der Waals surface area (Å²) in [5.74, 6) is -0.399. The van der Waals surface area contributed by atoms with E-state index in [9.17, 15) is 20.1 Å². The van der Waals surface area contributed by atoms with Gasteiger partial charge in [0.25, 0.3) is 0 Å². The minimum Gasteiger partial charge on any atom is -0.457 e. The fourth-order valence-electron chi connectivity index (χ4n) is 3.73. The molecule has 176 valence electrons. The third-order valence-electron chi connectivity index (χ3n) is 5.66. The highest BCUT2D eigenvalue weighted by Crippen LogP contribution is 2.20. The van der Waals surface area contributed by atoms with Crippen LogP contribution in [0.4, 0.5) is 0 Å². The van der Waals surface area contributed by atoms with Gasteiger partial charge in [-0.2, -0.15) is 0 Å². The van der Waals surface area contributed by atoms with Gasteiger partial charge >= 0.3 is 5.97 Å². The van der Waals surface area contributed by atoms with Crippen molar-refractivity contribution >= 4 is 5.97 Å². The maximum absolute atomic E-state index is 11.9. The summed E-state index contributed by atoms with van der Waals surface area (Å²) in [6.07, 6.45) is 16.5. The summed E-state index contributed by atoms with van der Waals surface area (Å²) < 4.78 is 10.4. The predicted molar refractivity (Wildman–Crippen MR) is 118 cm³/mol. The van der Waals surface area contributed by atoms with Crippen molar-refractivity contribution < 1.29 is 29.6 Å². The number of ether oxygens (including phenoxy) is 2. The van der Waals surface area contributed by atoms with E-state index in [0.717, 1.165) is 32.1 Å². The number of hydrogen-bond acceptors (Lipinski definition) is 6. The van der Waals surface area contributed by atoms with Gasteiger partial charge in [-0.05, 0) is 32.1 Å². The van der Waals surface area contributed by atoms with Crippen molar-refractivity contribution in [2.24, 2.45) is 0 Å². The molecule has 6 heteroatoms. The summed E-state index contributed by atoms with van der Waals surface area (Å²) in [5, 5.41) is 28.7. The largest absolute Gasteiger partial charge is 0.457 e. The van der Waals surface area contributed by atoms with E-state index in [4.69, 9.17) is 9.47 Å². The molecule has 0 aromatic rings. The first-order valence-corrected chi connectivity index (χ1v) is 12.0. The van der Waals surface area contributed by atoms with Gasteiger partial charge in [-0.3, -0.25) is 4.79 Å². The van der Waals surface area contributed by atoms with Crippen molar-refractivity contribution in [3.8, 4) is 0 Å². The van der Waals surface area contributed by atoms with Gasteiger partial charge in [0.15, 0.2) is 6.10 Å². The molecule has 0 amide bonds. The molecule has 0 aliphatic carbocycles. The number of allylic oxidation sites excluding steroid dienone is 2. The number of aliphatic hydroxyl groups is 3.